The molecule has 0 bridgehead atoms. The monoisotopic (exact) mass is 294 g/mol. The first-order valence-corrected chi connectivity index (χ1v) is 7.26. The van der Waals surface area contributed by atoms with Gasteiger partial charge in [0.25, 0.3) is 0 Å². The molecule has 1 fully saturated rings. The lowest BCUT2D eigenvalue weighted by Crippen LogP contribution is -2.55. The van der Waals surface area contributed by atoms with Crippen LogP contribution >= 0.6 is 0 Å². The van der Waals surface area contributed by atoms with Crippen LogP contribution in [0.25, 0.3) is 0 Å². The summed E-state index contributed by atoms with van der Waals surface area (Å²) in [4.78, 5) is 23.3. The summed E-state index contributed by atoms with van der Waals surface area (Å²) in [5, 5.41) is 18.9. The highest BCUT2D eigenvalue weighted by molar-refractivity contribution is 5.86. The number of nitrogens with one attached hydrogen (secondary N) is 2. The van der Waals surface area contributed by atoms with Gasteiger partial charge >= 0.3 is 12.0 Å². The highest BCUT2D eigenvalue weighted by Gasteiger charge is 2.42. The Morgan fingerprint density at radius 2 is 2.10 bits per heavy atom. The van der Waals surface area contributed by atoms with Gasteiger partial charge in [-0.1, -0.05) is 12.8 Å². The van der Waals surface area contributed by atoms with Crippen LogP contribution < -0.4 is 10.6 Å². The van der Waals surface area contributed by atoms with Crippen molar-refractivity contribution in [3.05, 3.63) is 18.0 Å². The van der Waals surface area contributed by atoms with Crippen molar-refractivity contribution in [1.29, 1.82) is 0 Å². The lowest BCUT2D eigenvalue weighted by atomic mass is 9.98. The molecular formula is C14H22N4O3. The number of hydrogen-bond acceptors (Lipinski definition) is 3. The molecule has 0 atom stereocenters. The Labute approximate surface area is 123 Å². The Kier molecular flexibility index (Phi) is 4.50. The molecule has 2 amide bonds. The van der Waals surface area contributed by atoms with Crippen LogP contribution in [0.5, 0.6) is 0 Å². The standard InChI is InChI=1S/C14H22N4O3/c1-10(2)18-8-5-11(17-18)9-15-13(21)16-14(12(19)20)6-3-4-7-14/h5,8,10H,3-4,6-7,9H2,1-2H3,(H,19,20)(H2,15,16,21). The molecule has 1 aliphatic rings. The highest BCUT2D eigenvalue weighted by atomic mass is 16.4. The van der Waals surface area contributed by atoms with Gasteiger partial charge in [-0.05, 0) is 32.8 Å². The van der Waals surface area contributed by atoms with E-state index >= 15 is 0 Å². The number of amides is 2. The Balaban J connectivity index is 1.88. The van der Waals surface area contributed by atoms with Crippen LogP contribution in [0, 0.1) is 0 Å². The van der Waals surface area contributed by atoms with Crippen molar-refractivity contribution in [3.63, 3.8) is 0 Å². The number of nitrogens with zero attached hydrogens (tertiary/aromatic N) is 2. The van der Waals surface area contributed by atoms with Gasteiger partial charge in [-0.25, -0.2) is 9.59 Å². The fourth-order valence-electron chi connectivity index (χ4n) is 2.56. The summed E-state index contributed by atoms with van der Waals surface area (Å²) in [6.45, 7) is 4.32. The van der Waals surface area contributed by atoms with Crippen LogP contribution in [0.3, 0.4) is 0 Å². The Morgan fingerprint density at radius 3 is 2.62 bits per heavy atom. The SMILES string of the molecule is CC(C)n1ccc(CNC(=O)NC2(C(=O)O)CCCC2)n1. The molecule has 116 valence electrons. The molecule has 0 aliphatic heterocycles. The molecule has 21 heavy (non-hydrogen) atoms. The van der Waals surface area contributed by atoms with E-state index in [1.165, 1.54) is 0 Å². The van der Waals surface area contributed by atoms with Crippen molar-refractivity contribution >= 4 is 12.0 Å². The molecule has 3 N–H and O–H groups in total. The van der Waals surface area contributed by atoms with E-state index in [2.05, 4.69) is 15.7 Å². The molecule has 1 aromatic rings. The maximum absolute atomic E-state index is 11.9. The van der Waals surface area contributed by atoms with Gasteiger partial charge in [-0.3, -0.25) is 4.68 Å². The summed E-state index contributed by atoms with van der Waals surface area (Å²) >= 11 is 0. The van der Waals surface area contributed by atoms with E-state index in [1.54, 1.807) is 0 Å². The zero-order chi connectivity index (χ0) is 15.5. The third kappa shape index (κ3) is 3.53. The van der Waals surface area contributed by atoms with Gasteiger partial charge < -0.3 is 15.7 Å². The smallest absolute Gasteiger partial charge is 0.329 e. The summed E-state index contributed by atoms with van der Waals surface area (Å²) in [5.41, 5.74) is -0.365. The lowest BCUT2D eigenvalue weighted by molar-refractivity contribution is -0.144. The highest BCUT2D eigenvalue weighted by Crippen LogP contribution is 2.29. The Bertz CT molecular complexity index is 518. The molecule has 7 heteroatoms. The first-order valence-electron chi connectivity index (χ1n) is 7.26. The molecule has 0 saturated heterocycles. The summed E-state index contributed by atoms with van der Waals surface area (Å²) in [6.07, 6.45) is 4.47. The maximum Gasteiger partial charge on any atom is 0.329 e. The van der Waals surface area contributed by atoms with Crippen LogP contribution in [0.1, 0.15) is 51.3 Å². The number of aliphatic carboxylic acids is 1. The van der Waals surface area contributed by atoms with Gasteiger partial charge in [0.05, 0.1) is 12.2 Å². The van der Waals surface area contributed by atoms with Crippen molar-refractivity contribution in [3.8, 4) is 0 Å². The van der Waals surface area contributed by atoms with Crippen molar-refractivity contribution in [2.24, 2.45) is 0 Å². The molecule has 1 heterocycles. The van der Waals surface area contributed by atoms with Crippen molar-refractivity contribution in [2.75, 3.05) is 0 Å². The minimum Gasteiger partial charge on any atom is -0.480 e. The van der Waals surface area contributed by atoms with Gasteiger partial charge in [0.2, 0.25) is 0 Å². The molecule has 1 saturated carbocycles. The Hall–Kier alpha value is -2.05. The zero-order valence-corrected chi connectivity index (χ0v) is 12.4. The number of aromatic nitrogens is 2. The van der Waals surface area contributed by atoms with Gasteiger partial charge in [0, 0.05) is 12.2 Å². The average Bonchev–Trinajstić information content (AvgIpc) is 3.05. The maximum atomic E-state index is 11.9. The van der Waals surface area contributed by atoms with Crippen LogP contribution in [0.15, 0.2) is 12.3 Å². The van der Waals surface area contributed by atoms with E-state index in [0.29, 0.717) is 12.8 Å². The number of urea groups is 1. The number of hydrogen-bond donors (Lipinski definition) is 3. The average molecular weight is 294 g/mol. The van der Waals surface area contributed by atoms with Gasteiger partial charge in [0.15, 0.2) is 0 Å². The van der Waals surface area contributed by atoms with E-state index in [1.807, 2.05) is 30.8 Å². The van der Waals surface area contributed by atoms with E-state index in [4.69, 9.17) is 0 Å². The molecule has 7 nitrogen and oxygen atoms in total. The third-order valence-electron chi connectivity index (χ3n) is 3.84. The van der Waals surface area contributed by atoms with E-state index < -0.39 is 17.5 Å². The van der Waals surface area contributed by atoms with Crippen LogP contribution in [0.2, 0.25) is 0 Å². The first kappa shape index (κ1) is 15.3. The lowest BCUT2D eigenvalue weighted by Gasteiger charge is -2.25. The minimum absolute atomic E-state index is 0.265. The normalized spacial score (nSPS) is 16.9. The fourth-order valence-corrected chi connectivity index (χ4v) is 2.56. The van der Waals surface area contributed by atoms with Crippen LogP contribution in [0.4, 0.5) is 4.79 Å². The van der Waals surface area contributed by atoms with E-state index in [0.717, 1.165) is 18.5 Å². The van der Waals surface area contributed by atoms with E-state index in [-0.39, 0.29) is 12.6 Å². The summed E-state index contributed by atoms with van der Waals surface area (Å²) in [5.74, 6) is -0.959. The van der Waals surface area contributed by atoms with Gasteiger partial charge in [-0.15, -0.1) is 0 Å². The number of carboxylic acid groups (broad SMARTS) is 1. The summed E-state index contributed by atoms with van der Waals surface area (Å²) in [6, 6.07) is 1.64. The molecule has 1 aromatic heterocycles. The second kappa shape index (κ2) is 6.15. The zero-order valence-electron chi connectivity index (χ0n) is 12.4. The Morgan fingerprint density at radius 1 is 1.43 bits per heavy atom. The molecule has 2 rings (SSSR count). The summed E-state index contributed by atoms with van der Waals surface area (Å²) < 4.78 is 1.81. The molecule has 0 aromatic carbocycles. The number of rotatable bonds is 5. The van der Waals surface area contributed by atoms with Crippen molar-refractivity contribution < 1.29 is 14.7 Å². The molecule has 0 unspecified atom stereocenters. The second-order valence-electron chi connectivity index (χ2n) is 5.78. The summed E-state index contributed by atoms with van der Waals surface area (Å²) in [7, 11) is 0. The largest absolute Gasteiger partial charge is 0.480 e. The molecule has 1 aliphatic carbocycles. The predicted octanol–water partition coefficient (Wildman–Crippen LogP) is 1.66. The first-order chi connectivity index (χ1) is 9.93. The fraction of sp³-hybridized carbons (Fsp3) is 0.643. The van der Waals surface area contributed by atoms with Crippen molar-refractivity contribution in [1.82, 2.24) is 20.4 Å². The second-order valence-corrected chi connectivity index (χ2v) is 5.78. The van der Waals surface area contributed by atoms with Crippen LogP contribution in [-0.2, 0) is 11.3 Å². The molecular weight excluding hydrogens is 272 g/mol. The molecule has 0 radical (unpaired) electrons. The van der Waals surface area contributed by atoms with E-state index in [9.17, 15) is 14.7 Å². The topological polar surface area (TPSA) is 96.2 Å². The number of carbonyl (C=O) groups is 2. The molecule has 0 spiro atoms. The van der Waals surface area contributed by atoms with Gasteiger partial charge in [-0.2, -0.15) is 5.10 Å². The third-order valence-corrected chi connectivity index (χ3v) is 3.84. The number of carboxylic acids is 1. The van der Waals surface area contributed by atoms with Crippen LogP contribution in [-0.4, -0.2) is 32.4 Å². The number of carbonyl (C=O) groups excluding carboxylic acids is 1. The van der Waals surface area contributed by atoms with Crippen molar-refractivity contribution in [2.45, 2.75) is 57.7 Å². The van der Waals surface area contributed by atoms with Gasteiger partial charge in [0.1, 0.15) is 5.54 Å². The quantitative estimate of drug-likeness (QED) is 0.769. The predicted molar refractivity (Wildman–Crippen MR) is 76.8 cm³/mol. The minimum atomic E-state index is -1.11.